The van der Waals surface area contributed by atoms with Gasteiger partial charge in [0.15, 0.2) is 5.76 Å². The molecule has 1 amide bonds. The van der Waals surface area contributed by atoms with E-state index in [1.165, 1.54) is 18.4 Å². The molecule has 1 atom stereocenters. The van der Waals surface area contributed by atoms with Gasteiger partial charge in [-0.15, -0.1) is 10.2 Å². The number of hydrogen-bond donors (Lipinski definition) is 1. The number of benzene rings is 1. The molecule has 3 aromatic rings. The molecule has 0 saturated heterocycles. The van der Waals surface area contributed by atoms with E-state index in [0.717, 1.165) is 11.8 Å². The molecule has 0 spiro atoms. The first-order chi connectivity index (χ1) is 12.5. The van der Waals surface area contributed by atoms with Crippen molar-refractivity contribution >= 4 is 35.1 Å². The summed E-state index contributed by atoms with van der Waals surface area (Å²) in [6.07, 6.45) is 1.49. The summed E-state index contributed by atoms with van der Waals surface area (Å²) in [5, 5.41) is 10.2. The Morgan fingerprint density at radius 3 is 2.58 bits per heavy atom. The molecular weight excluding hydrogens is 384 g/mol. The smallest absolute Gasteiger partial charge is 0.288 e. The lowest BCUT2D eigenvalue weighted by Crippen LogP contribution is -2.22. The third kappa shape index (κ3) is 4.85. The van der Waals surface area contributed by atoms with E-state index in [-0.39, 0.29) is 17.0 Å². The van der Waals surface area contributed by atoms with Crippen molar-refractivity contribution < 1.29 is 22.4 Å². The van der Waals surface area contributed by atoms with Crippen LogP contribution in [0.25, 0.3) is 11.7 Å². The second-order valence-corrected chi connectivity index (χ2v) is 7.36. The molecule has 1 N–H and O–H groups in total. The SMILES string of the molecule is C[C@@H](Sc1nnc(-c2ccco2)o1)C(=O)Nc1ccc(SC(F)F)cc1. The molecule has 2 aromatic heterocycles. The van der Waals surface area contributed by atoms with Crippen LogP contribution < -0.4 is 5.32 Å². The molecular formula is C16H13F2N3O3S2. The highest BCUT2D eigenvalue weighted by atomic mass is 32.2. The number of alkyl halides is 2. The summed E-state index contributed by atoms with van der Waals surface area (Å²) in [4.78, 5) is 12.7. The fraction of sp³-hybridized carbons (Fsp3) is 0.188. The normalized spacial score (nSPS) is 12.3. The van der Waals surface area contributed by atoms with Crippen LogP contribution in [-0.2, 0) is 4.79 Å². The molecule has 0 radical (unpaired) electrons. The van der Waals surface area contributed by atoms with Crippen LogP contribution in [0.1, 0.15) is 6.92 Å². The van der Waals surface area contributed by atoms with Crippen LogP contribution in [-0.4, -0.2) is 27.1 Å². The second kappa shape index (κ2) is 8.37. The van der Waals surface area contributed by atoms with Crippen molar-refractivity contribution in [2.24, 2.45) is 0 Å². The van der Waals surface area contributed by atoms with Crippen LogP contribution >= 0.6 is 23.5 Å². The standard InChI is InChI=1S/C16H13F2N3O3S2/c1-9(25-16-21-20-14(24-16)12-3-2-8-23-12)13(22)19-10-4-6-11(7-5-10)26-15(17)18/h2-9,15H,1H3,(H,19,22)/t9-/m1/s1. The van der Waals surface area contributed by atoms with Crippen molar-refractivity contribution in [2.75, 3.05) is 5.32 Å². The Labute approximate surface area is 155 Å². The molecule has 136 valence electrons. The van der Waals surface area contributed by atoms with Crippen LogP contribution in [0.5, 0.6) is 0 Å². The van der Waals surface area contributed by atoms with E-state index in [2.05, 4.69) is 15.5 Å². The summed E-state index contributed by atoms with van der Waals surface area (Å²) in [7, 11) is 0. The predicted molar refractivity (Wildman–Crippen MR) is 94.3 cm³/mol. The van der Waals surface area contributed by atoms with E-state index < -0.39 is 11.0 Å². The van der Waals surface area contributed by atoms with Crippen LogP contribution in [0.2, 0.25) is 0 Å². The largest absolute Gasteiger partial charge is 0.459 e. The Kier molecular flexibility index (Phi) is 5.94. The Morgan fingerprint density at radius 1 is 1.15 bits per heavy atom. The number of aromatic nitrogens is 2. The maximum Gasteiger partial charge on any atom is 0.288 e. The van der Waals surface area contributed by atoms with E-state index in [4.69, 9.17) is 8.83 Å². The molecule has 0 fully saturated rings. The van der Waals surface area contributed by atoms with Gasteiger partial charge in [0.05, 0.1) is 11.5 Å². The van der Waals surface area contributed by atoms with Gasteiger partial charge >= 0.3 is 0 Å². The molecule has 3 rings (SSSR count). The lowest BCUT2D eigenvalue weighted by Gasteiger charge is -2.10. The second-order valence-electron chi connectivity index (χ2n) is 5.00. The summed E-state index contributed by atoms with van der Waals surface area (Å²) in [5.74, 6) is -2.07. The highest BCUT2D eigenvalue weighted by Crippen LogP contribution is 2.28. The molecule has 0 aliphatic carbocycles. The van der Waals surface area contributed by atoms with Gasteiger partial charge in [-0.2, -0.15) is 8.78 Å². The highest BCUT2D eigenvalue weighted by molar-refractivity contribution is 8.00. The summed E-state index contributed by atoms with van der Waals surface area (Å²) in [6.45, 7) is 1.69. The lowest BCUT2D eigenvalue weighted by atomic mass is 10.3. The monoisotopic (exact) mass is 397 g/mol. The highest BCUT2D eigenvalue weighted by Gasteiger charge is 2.19. The lowest BCUT2D eigenvalue weighted by molar-refractivity contribution is -0.115. The van der Waals surface area contributed by atoms with Crippen LogP contribution in [0.3, 0.4) is 0 Å². The number of amides is 1. The zero-order chi connectivity index (χ0) is 18.5. The molecule has 0 unspecified atom stereocenters. The number of nitrogens with one attached hydrogen (secondary N) is 1. The number of thioether (sulfide) groups is 2. The van der Waals surface area contributed by atoms with Gasteiger partial charge in [-0.3, -0.25) is 4.79 Å². The van der Waals surface area contributed by atoms with Gasteiger partial charge in [0, 0.05) is 10.6 Å². The number of nitrogens with zero attached hydrogens (tertiary/aromatic N) is 2. The Hall–Kier alpha value is -2.33. The first kappa shape index (κ1) is 18.5. The average Bonchev–Trinajstić information content (AvgIpc) is 3.27. The maximum atomic E-state index is 12.3. The number of carbonyl (C=O) groups excluding carboxylic acids is 1. The van der Waals surface area contributed by atoms with Gasteiger partial charge < -0.3 is 14.2 Å². The van der Waals surface area contributed by atoms with Gasteiger partial charge in [-0.25, -0.2) is 0 Å². The molecule has 0 saturated carbocycles. The van der Waals surface area contributed by atoms with Crippen molar-refractivity contribution in [3.05, 3.63) is 42.7 Å². The van der Waals surface area contributed by atoms with Gasteiger partial charge in [0.25, 0.3) is 16.9 Å². The van der Waals surface area contributed by atoms with Crippen molar-refractivity contribution in [2.45, 2.75) is 28.0 Å². The number of hydrogen-bond acceptors (Lipinski definition) is 7. The number of furan rings is 1. The number of rotatable bonds is 7. The molecule has 1 aromatic carbocycles. The molecule has 10 heteroatoms. The topological polar surface area (TPSA) is 81.2 Å². The third-order valence-corrected chi connectivity index (χ3v) is 4.79. The maximum absolute atomic E-state index is 12.3. The first-order valence-electron chi connectivity index (χ1n) is 7.41. The minimum Gasteiger partial charge on any atom is -0.459 e. The quantitative estimate of drug-likeness (QED) is 0.576. The van der Waals surface area contributed by atoms with Crippen molar-refractivity contribution in [1.82, 2.24) is 10.2 Å². The summed E-state index contributed by atoms with van der Waals surface area (Å²) < 4.78 is 35.2. The average molecular weight is 397 g/mol. The summed E-state index contributed by atoms with van der Waals surface area (Å²) in [5.41, 5.74) is 0.517. The zero-order valence-corrected chi connectivity index (χ0v) is 15.0. The Morgan fingerprint density at radius 2 is 1.92 bits per heavy atom. The number of carbonyl (C=O) groups is 1. The van der Waals surface area contributed by atoms with E-state index in [9.17, 15) is 13.6 Å². The minimum atomic E-state index is -2.48. The van der Waals surface area contributed by atoms with E-state index >= 15 is 0 Å². The van der Waals surface area contributed by atoms with Crippen LogP contribution in [0.4, 0.5) is 14.5 Å². The first-order valence-corrected chi connectivity index (χ1v) is 9.17. The molecule has 2 heterocycles. The Balaban J connectivity index is 1.56. The van der Waals surface area contributed by atoms with E-state index in [1.54, 1.807) is 31.2 Å². The predicted octanol–water partition coefficient (Wildman–Crippen LogP) is 4.76. The summed E-state index contributed by atoms with van der Waals surface area (Å²) in [6, 6.07) is 9.58. The van der Waals surface area contributed by atoms with E-state index in [1.807, 2.05) is 0 Å². The molecule has 26 heavy (non-hydrogen) atoms. The fourth-order valence-corrected chi connectivity index (χ4v) is 3.11. The fourth-order valence-electron chi connectivity index (χ4n) is 1.93. The van der Waals surface area contributed by atoms with Gasteiger partial charge in [0.1, 0.15) is 0 Å². The molecule has 6 nitrogen and oxygen atoms in total. The van der Waals surface area contributed by atoms with Crippen molar-refractivity contribution in [3.63, 3.8) is 0 Å². The van der Waals surface area contributed by atoms with Gasteiger partial charge in [0.2, 0.25) is 5.91 Å². The van der Waals surface area contributed by atoms with Gasteiger partial charge in [-0.1, -0.05) is 23.5 Å². The zero-order valence-electron chi connectivity index (χ0n) is 13.4. The number of halogens is 2. The molecule has 0 bridgehead atoms. The van der Waals surface area contributed by atoms with Crippen molar-refractivity contribution in [1.29, 1.82) is 0 Å². The molecule has 0 aliphatic heterocycles. The van der Waals surface area contributed by atoms with Crippen LogP contribution in [0.15, 0.2) is 61.6 Å². The molecule has 0 aliphatic rings. The summed E-state index contributed by atoms with van der Waals surface area (Å²) >= 11 is 1.55. The van der Waals surface area contributed by atoms with Gasteiger partial charge in [-0.05, 0) is 43.3 Å². The van der Waals surface area contributed by atoms with Crippen LogP contribution in [0, 0.1) is 0 Å². The van der Waals surface area contributed by atoms with Crippen molar-refractivity contribution in [3.8, 4) is 11.7 Å². The third-order valence-electron chi connectivity index (χ3n) is 3.13. The minimum absolute atomic E-state index is 0.234. The number of anilines is 1. The van der Waals surface area contributed by atoms with E-state index in [0.29, 0.717) is 28.1 Å². The Bertz CT molecular complexity index is 854.